The topological polar surface area (TPSA) is 242 Å². The number of carboxylic acids is 1. The van der Waals surface area contributed by atoms with Gasteiger partial charge in [0.2, 0.25) is 0 Å². The number of hydrogen-bond donors (Lipinski definition) is 5. The molecule has 0 aliphatic carbocycles. The molecule has 0 aliphatic rings. The summed E-state index contributed by atoms with van der Waals surface area (Å²) in [6.07, 6.45) is 3.63. The van der Waals surface area contributed by atoms with E-state index in [0.717, 1.165) is 53.1 Å². The van der Waals surface area contributed by atoms with Gasteiger partial charge in [0.15, 0.2) is 0 Å². The number of alkyl carbamates (subject to hydrolysis) is 2. The summed E-state index contributed by atoms with van der Waals surface area (Å²) in [6.45, 7) is 30.7. The van der Waals surface area contributed by atoms with Crippen LogP contribution in [0, 0.1) is 20.8 Å². The van der Waals surface area contributed by atoms with E-state index >= 15 is 0 Å². The lowest BCUT2D eigenvalue weighted by molar-refractivity contribution is -0.156. The first-order valence-corrected chi connectivity index (χ1v) is 31.7. The van der Waals surface area contributed by atoms with Crippen LogP contribution in [-0.4, -0.2) is 138 Å². The van der Waals surface area contributed by atoms with Crippen molar-refractivity contribution >= 4 is 111 Å². The average molecular weight is 1310 g/mol. The van der Waals surface area contributed by atoms with Crippen LogP contribution in [0.25, 0.3) is 0 Å². The van der Waals surface area contributed by atoms with E-state index in [9.17, 15) is 24.0 Å². The molecule has 488 valence electrons. The Morgan fingerprint density at radius 3 is 1.14 bits per heavy atom. The van der Waals surface area contributed by atoms with Crippen LogP contribution < -0.4 is 31.9 Å². The van der Waals surface area contributed by atoms with Gasteiger partial charge in [-0.15, -0.1) is 58.0 Å². The van der Waals surface area contributed by atoms with E-state index in [0.29, 0.717) is 80.7 Å². The number of anilines is 3. The van der Waals surface area contributed by atoms with Crippen molar-refractivity contribution in [3.63, 3.8) is 0 Å². The largest absolute Gasteiger partial charge is 0.481 e. The molecule has 3 rings (SSSR count). The van der Waals surface area contributed by atoms with Crippen molar-refractivity contribution in [2.24, 2.45) is 5.73 Å². The Hall–Kier alpha value is -4.91. The maximum absolute atomic E-state index is 12.5. The number of aryl methyl sites for hydroxylation is 6. The van der Waals surface area contributed by atoms with Crippen molar-refractivity contribution in [1.29, 1.82) is 0 Å². The maximum Gasteiger partial charge on any atom is 0.407 e. The van der Waals surface area contributed by atoms with E-state index in [4.69, 9.17) is 98.3 Å². The van der Waals surface area contributed by atoms with E-state index < -0.39 is 52.6 Å². The molecule has 0 aliphatic heterocycles. The lowest BCUT2D eigenvalue weighted by Gasteiger charge is -2.26. The number of aliphatic carboxylic acids is 1. The zero-order chi connectivity index (χ0) is 66.0. The van der Waals surface area contributed by atoms with Crippen LogP contribution in [0.1, 0.15) is 155 Å². The zero-order valence-corrected chi connectivity index (χ0v) is 57.5. The Bertz CT molecular complexity index is 2440. The minimum atomic E-state index is -0.853. The monoisotopic (exact) mass is 1300 g/mol. The molecule has 17 nitrogen and oxygen atoms in total. The van der Waals surface area contributed by atoms with Gasteiger partial charge in [-0.25, -0.2) is 9.59 Å². The number of carbonyl (C=O) groups is 6. The molecule has 0 saturated carbocycles. The van der Waals surface area contributed by atoms with Gasteiger partial charge < -0.3 is 60.7 Å². The molecule has 7 N–H and O–H groups in total. The summed E-state index contributed by atoms with van der Waals surface area (Å²) in [6, 6.07) is 17.2. The van der Waals surface area contributed by atoms with Gasteiger partial charge in [-0.05, 0) is 212 Å². The Balaban J connectivity index is 0.00000124. The second-order valence-corrected chi connectivity index (χ2v) is 26.5. The number of benzene rings is 3. The van der Waals surface area contributed by atoms with Crippen LogP contribution >= 0.6 is 58.0 Å². The third-order valence-corrected chi connectivity index (χ3v) is 12.9. The van der Waals surface area contributed by atoms with E-state index in [2.05, 4.69) is 70.7 Å². The number of nitrogen functional groups attached to an aromatic ring is 1. The summed E-state index contributed by atoms with van der Waals surface area (Å²) in [7, 11) is 0. The number of alkyl halides is 5. The predicted molar refractivity (Wildman–Crippen MR) is 354 cm³/mol. The lowest BCUT2D eigenvalue weighted by atomic mass is 9.98. The van der Waals surface area contributed by atoms with Gasteiger partial charge in [-0.1, -0.05) is 18.2 Å². The zero-order valence-electron chi connectivity index (χ0n) is 53.7. The number of carboxylic acid groups (broad SMARTS) is 1. The Kier molecular flexibility index (Phi) is 39.0. The predicted octanol–water partition coefficient (Wildman–Crippen LogP) is 13.4. The van der Waals surface area contributed by atoms with Crippen LogP contribution in [0.15, 0.2) is 54.6 Å². The molecule has 0 heterocycles. The van der Waals surface area contributed by atoms with Gasteiger partial charge >= 0.3 is 30.1 Å². The minimum Gasteiger partial charge on any atom is -0.481 e. The van der Waals surface area contributed by atoms with Gasteiger partial charge in [0, 0.05) is 84.9 Å². The molecular formula is C64H101Cl5N6O11. The van der Waals surface area contributed by atoms with Gasteiger partial charge in [0.05, 0.1) is 25.1 Å². The molecule has 86 heavy (non-hydrogen) atoms. The second kappa shape index (κ2) is 41.3. The quantitative estimate of drug-likeness (QED) is 0.0149. The first kappa shape index (κ1) is 81.1. The molecule has 0 aromatic heterocycles. The van der Waals surface area contributed by atoms with Crippen molar-refractivity contribution in [2.75, 3.05) is 71.1 Å². The normalized spacial score (nSPS) is 12.4. The van der Waals surface area contributed by atoms with Gasteiger partial charge in [0.25, 0.3) is 0 Å². The number of nitrogens with one attached hydrogen (secondary N) is 2. The smallest absolute Gasteiger partial charge is 0.407 e. The van der Waals surface area contributed by atoms with Crippen LogP contribution in [0.2, 0.25) is 0 Å². The molecule has 0 unspecified atom stereocenters. The Morgan fingerprint density at radius 2 is 0.837 bits per heavy atom. The van der Waals surface area contributed by atoms with Crippen LogP contribution in [0.3, 0.4) is 0 Å². The van der Waals surface area contributed by atoms with E-state index in [1.54, 1.807) is 41.5 Å². The second-order valence-electron chi connectivity index (χ2n) is 24.7. The fourth-order valence-electron chi connectivity index (χ4n) is 8.25. The summed E-state index contributed by atoms with van der Waals surface area (Å²) in [5.74, 6) is 0.661. The molecule has 3 atom stereocenters. The SMILES string of the molecule is Cc1ccc(N(CCCl)CCCl)cc1CC[C@@H](CC(=O)OC(C)(C)C)NC(=O)OC(C)(C)C.Cc1ccc(N(CCCl)CCCl)cc1CC[C@H](N)CC(=O)O.Cc1ccc(N)cc1CC[C@@H](CC(=O)OC(C)(C)C)NC(=O)OC(C)(C)C.O=CCCl. The highest BCUT2D eigenvalue weighted by Gasteiger charge is 2.27. The van der Waals surface area contributed by atoms with E-state index in [1.807, 2.05) is 66.7 Å². The third-order valence-electron chi connectivity index (χ3n) is 12.1. The Labute approximate surface area is 538 Å². The third kappa shape index (κ3) is 39.8. The molecular weight excluding hydrogens is 1210 g/mol. The number of carbonyl (C=O) groups excluding carboxylic acids is 5. The summed E-state index contributed by atoms with van der Waals surface area (Å²) in [4.78, 5) is 73.2. The Morgan fingerprint density at radius 1 is 0.523 bits per heavy atom. The standard InChI is InChI=1S/C25H40Cl2N2O4.C21H34N2O4.C16H24Cl2N2O2.C2H3ClO/c1-18-8-11-21(29(14-12-26)15-13-27)16-19(18)9-10-20(17-22(30)32-24(2,3)4)28-23(31)33-25(5,6)7;1-14-8-10-16(22)12-15(14)9-11-17(13-18(24)26-20(2,3)4)23-19(25)27-21(5,6)7;1-12-2-5-15(20(8-6-17)9-7-18)10-13(12)3-4-14(19)11-16(21)22;3-1-2-4/h8,11,16,20H,9-10,12-15,17H2,1-7H3,(H,28,31);8,10,12,17H,9,11,13,22H2,1-7H3,(H,23,25);2,5,10,14H,3-4,6-9,11,19H2,1H3,(H,21,22);2H,1H2/t20-;17-;14-;/m000./s1. The molecule has 2 amide bonds. The van der Waals surface area contributed by atoms with Crippen molar-refractivity contribution in [1.82, 2.24) is 10.6 Å². The number of ether oxygens (including phenoxy) is 4. The molecule has 22 heteroatoms. The van der Waals surface area contributed by atoms with Gasteiger partial charge in [0.1, 0.15) is 28.7 Å². The number of rotatable bonds is 28. The molecule has 0 spiro atoms. The highest BCUT2D eigenvalue weighted by Crippen LogP contribution is 2.25. The van der Waals surface area contributed by atoms with Crippen molar-refractivity contribution < 1.29 is 52.8 Å². The minimum absolute atomic E-state index is 0.00333. The summed E-state index contributed by atoms with van der Waals surface area (Å²) < 4.78 is 21.6. The summed E-state index contributed by atoms with van der Waals surface area (Å²) in [5, 5.41) is 14.4. The fourth-order valence-corrected chi connectivity index (χ4v) is 9.07. The molecule has 0 bridgehead atoms. The maximum atomic E-state index is 12.5. The van der Waals surface area contributed by atoms with E-state index in [-0.39, 0.29) is 43.1 Å². The molecule has 0 fully saturated rings. The molecule has 3 aromatic rings. The van der Waals surface area contributed by atoms with Crippen molar-refractivity contribution in [3.8, 4) is 0 Å². The van der Waals surface area contributed by atoms with Crippen molar-refractivity contribution in [3.05, 3.63) is 88.0 Å². The number of nitrogens with zero attached hydrogens (tertiary/aromatic N) is 2. The van der Waals surface area contributed by atoms with Gasteiger partial charge in [-0.3, -0.25) is 14.4 Å². The van der Waals surface area contributed by atoms with Crippen LogP contribution in [0.5, 0.6) is 0 Å². The number of esters is 2. The first-order valence-electron chi connectivity index (χ1n) is 29.1. The number of hydrogen-bond acceptors (Lipinski definition) is 14. The van der Waals surface area contributed by atoms with Crippen LogP contribution in [0.4, 0.5) is 26.7 Å². The summed E-state index contributed by atoms with van der Waals surface area (Å²) >= 11 is 28.4. The highest BCUT2D eigenvalue weighted by molar-refractivity contribution is 6.24. The molecule has 0 saturated heterocycles. The highest BCUT2D eigenvalue weighted by atomic mass is 35.5. The number of aldehydes is 1. The number of halogens is 5. The van der Waals surface area contributed by atoms with Gasteiger partial charge in [-0.2, -0.15) is 0 Å². The van der Waals surface area contributed by atoms with E-state index in [1.165, 1.54) is 11.1 Å². The number of amides is 2. The first-order chi connectivity index (χ1) is 39.9. The molecule has 3 aromatic carbocycles. The lowest BCUT2D eigenvalue weighted by Crippen LogP contribution is -2.41. The van der Waals surface area contributed by atoms with Crippen molar-refractivity contribution in [2.45, 2.75) is 202 Å². The average Bonchev–Trinajstić information content (AvgIpc) is 3.45. The number of nitrogens with two attached hydrogens (primary N) is 2. The summed E-state index contributed by atoms with van der Waals surface area (Å²) in [5.41, 5.74) is 19.0. The van der Waals surface area contributed by atoms with Crippen LogP contribution in [-0.2, 0) is 57.4 Å². The fraction of sp³-hybridized carbons (Fsp3) is 0.625. The molecule has 0 radical (unpaired) electrons.